The normalized spacial score (nSPS) is 17.7. The number of amides is 1. The van der Waals surface area contributed by atoms with Gasteiger partial charge in [0.25, 0.3) is 0 Å². The zero-order valence-corrected chi connectivity index (χ0v) is 14.3. The number of sulfone groups is 1. The summed E-state index contributed by atoms with van der Waals surface area (Å²) in [4.78, 5) is 24.8. The first-order chi connectivity index (χ1) is 11.3. The highest BCUT2D eigenvalue weighted by atomic mass is 32.2. The minimum Gasteiger partial charge on any atom is -0.494 e. The van der Waals surface area contributed by atoms with Crippen LogP contribution in [0.25, 0.3) is 0 Å². The van der Waals surface area contributed by atoms with Gasteiger partial charge in [-0.15, -0.1) is 0 Å². The van der Waals surface area contributed by atoms with E-state index < -0.39 is 21.8 Å². The summed E-state index contributed by atoms with van der Waals surface area (Å²) in [6.45, 7) is 0.791. The summed E-state index contributed by atoms with van der Waals surface area (Å²) in [7, 11) is -3.23. The lowest BCUT2D eigenvalue weighted by Gasteiger charge is -2.21. The quantitative estimate of drug-likeness (QED) is 0.741. The monoisotopic (exact) mass is 355 g/mol. The molecule has 2 rings (SSSR count). The second-order valence-corrected chi connectivity index (χ2v) is 7.79. The summed E-state index contributed by atoms with van der Waals surface area (Å²) in [5.41, 5.74) is 0. The van der Waals surface area contributed by atoms with Crippen LogP contribution in [0.15, 0.2) is 29.2 Å². The van der Waals surface area contributed by atoms with Crippen molar-refractivity contribution in [1.29, 1.82) is 0 Å². The van der Waals surface area contributed by atoms with Crippen LogP contribution >= 0.6 is 0 Å². The number of carbonyl (C=O) groups excluding carboxylic acids is 1. The van der Waals surface area contributed by atoms with E-state index >= 15 is 0 Å². The molecule has 1 atom stereocenters. The Morgan fingerprint density at radius 1 is 1.29 bits per heavy atom. The van der Waals surface area contributed by atoms with Crippen LogP contribution < -0.4 is 4.74 Å². The minimum atomic E-state index is -3.23. The summed E-state index contributed by atoms with van der Waals surface area (Å²) in [5.74, 6) is -0.599. The molecule has 0 bridgehead atoms. The Bertz CT molecular complexity index is 698. The molecule has 0 saturated carbocycles. The molecular weight excluding hydrogens is 334 g/mol. The molecule has 0 radical (unpaired) electrons. The highest BCUT2D eigenvalue weighted by Gasteiger charge is 2.33. The van der Waals surface area contributed by atoms with E-state index in [4.69, 9.17) is 9.84 Å². The lowest BCUT2D eigenvalue weighted by atomic mass is 10.2. The van der Waals surface area contributed by atoms with E-state index in [0.717, 1.165) is 6.26 Å². The van der Waals surface area contributed by atoms with Crippen LogP contribution in [0.1, 0.15) is 25.7 Å². The Morgan fingerprint density at radius 2 is 1.96 bits per heavy atom. The third-order valence-electron chi connectivity index (χ3n) is 3.91. The molecule has 7 nitrogen and oxygen atoms in total. The van der Waals surface area contributed by atoms with E-state index in [1.807, 2.05) is 0 Å². The number of rotatable bonds is 7. The third-order valence-corrected chi connectivity index (χ3v) is 5.04. The number of hydrogen-bond donors (Lipinski definition) is 1. The van der Waals surface area contributed by atoms with Gasteiger partial charge in [0, 0.05) is 19.2 Å². The highest BCUT2D eigenvalue weighted by Crippen LogP contribution is 2.19. The van der Waals surface area contributed by atoms with Crippen molar-refractivity contribution < 1.29 is 27.9 Å². The number of hydrogen-bond acceptors (Lipinski definition) is 5. The average Bonchev–Trinajstić information content (AvgIpc) is 3.01. The van der Waals surface area contributed by atoms with Gasteiger partial charge in [0.15, 0.2) is 9.84 Å². The Kier molecular flexibility index (Phi) is 5.82. The molecule has 1 aliphatic heterocycles. The van der Waals surface area contributed by atoms with Crippen molar-refractivity contribution in [3.63, 3.8) is 0 Å². The van der Waals surface area contributed by atoms with Gasteiger partial charge < -0.3 is 14.7 Å². The average molecular weight is 355 g/mol. The Labute approximate surface area is 141 Å². The molecule has 1 amide bonds. The van der Waals surface area contributed by atoms with Crippen molar-refractivity contribution in [3.05, 3.63) is 24.3 Å². The third kappa shape index (κ3) is 4.70. The summed E-state index contributed by atoms with van der Waals surface area (Å²) in [6, 6.07) is 5.37. The highest BCUT2D eigenvalue weighted by molar-refractivity contribution is 7.90. The fourth-order valence-electron chi connectivity index (χ4n) is 2.66. The van der Waals surface area contributed by atoms with E-state index in [2.05, 4.69) is 0 Å². The predicted octanol–water partition coefficient (Wildman–Crippen LogP) is 1.32. The van der Waals surface area contributed by atoms with E-state index in [-0.39, 0.29) is 17.2 Å². The van der Waals surface area contributed by atoms with Gasteiger partial charge in [-0.3, -0.25) is 4.79 Å². The summed E-state index contributed by atoms with van der Waals surface area (Å²) in [6.07, 6.45) is 3.05. The van der Waals surface area contributed by atoms with Gasteiger partial charge in [-0.25, -0.2) is 13.2 Å². The minimum absolute atomic E-state index is 0.170. The molecule has 132 valence electrons. The summed E-state index contributed by atoms with van der Waals surface area (Å²) >= 11 is 0. The Balaban J connectivity index is 1.76. The maximum atomic E-state index is 12.1. The molecule has 0 unspecified atom stereocenters. The molecule has 0 aliphatic carbocycles. The first kappa shape index (κ1) is 18.3. The number of aliphatic carboxylic acids is 1. The summed E-state index contributed by atoms with van der Waals surface area (Å²) < 4.78 is 28.2. The molecule has 1 fully saturated rings. The molecule has 0 spiro atoms. The largest absolute Gasteiger partial charge is 0.494 e. The number of carboxylic acid groups (broad SMARTS) is 1. The maximum Gasteiger partial charge on any atom is 0.326 e. The van der Waals surface area contributed by atoms with Gasteiger partial charge in [0.1, 0.15) is 11.8 Å². The number of carbonyl (C=O) groups is 2. The number of benzene rings is 1. The van der Waals surface area contributed by atoms with Crippen molar-refractivity contribution in [2.24, 2.45) is 0 Å². The Hall–Kier alpha value is -2.09. The second kappa shape index (κ2) is 7.65. The fourth-order valence-corrected chi connectivity index (χ4v) is 3.29. The number of ether oxygens (including phenoxy) is 1. The molecule has 1 N–H and O–H groups in total. The molecule has 1 aliphatic rings. The number of likely N-dealkylation sites (tertiary alicyclic amines) is 1. The molecule has 24 heavy (non-hydrogen) atoms. The van der Waals surface area contributed by atoms with Gasteiger partial charge >= 0.3 is 5.97 Å². The van der Waals surface area contributed by atoms with Gasteiger partial charge in [-0.1, -0.05) is 0 Å². The predicted molar refractivity (Wildman–Crippen MR) is 86.7 cm³/mol. The van der Waals surface area contributed by atoms with Crippen molar-refractivity contribution >= 4 is 21.7 Å². The number of carboxylic acids is 1. The smallest absolute Gasteiger partial charge is 0.326 e. The Morgan fingerprint density at radius 3 is 2.54 bits per heavy atom. The second-order valence-electron chi connectivity index (χ2n) is 5.78. The summed E-state index contributed by atoms with van der Waals surface area (Å²) in [5, 5.41) is 9.07. The van der Waals surface area contributed by atoms with Crippen LogP contribution in [0, 0.1) is 0 Å². The van der Waals surface area contributed by atoms with Crippen LogP contribution in [0.3, 0.4) is 0 Å². The van der Waals surface area contributed by atoms with Crippen molar-refractivity contribution in [2.75, 3.05) is 19.4 Å². The molecule has 8 heteroatoms. The number of nitrogens with zero attached hydrogens (tertiary/aromatic N) is 1. The maximum absolute atomic E-state index is 12.1. The zero-order valence-electron chi connectivity index (χ0n) is 13.5. The van der Waals surface area contributed by atoms with Crippen LogP contribution in [0.2, 0.25) is 0 Å². The van der Waals surface area contributed by atoms with E-state index in [9.17, 15) is 18.0 Å². The van der Waals surface area contributed by atoms with Crippen LogP contribution in [0.5, 0.6) is 5.75 Å². The fraction of sp³-hybridized carbons (Fsp3) is 0.500. The first-order valence-electron chi connectivity index (χ1n) is 7.74. The standard InChI is InChI=1S/C16H21NO6S/c1-24(21,22)13-8-6-12(7-9-13)23-11-3-5-15(18)17-10-2-4-14(17)16(19)20/h6-9,14H,2-5,10-11H2,1H3,(H,19,20)/t14-/m0/s1. The topological polar surface area (TPSA) is 101 Å². The van der Waals surface area contributed by atoms with Crippen molar-refractivity contribution in [2.45, 2.75) is 36.6 Å². The molecule has 0 aromatic heterocycles. The van der Waals surface area contributed by atoms with Crippen LogP contribution in [-0.2, 0) is 19.4 Å². The van der Waals surface area contributed by atoms with Gasteiger partial charge in [0.2, 0.25) is 5.91 Å². The molecule has 1 saturated heterocycles. The first-order valence-corrected chi connectivity index (χ1v) is 9.63. The molecule has 1 aromatic carbocycles. The van der Waals surface area contributed by atoms with Crippen molar-refractivity contribution in [1.82, 2.24) is 4.90 Å². The lowest BCUT2D eigenvalue weighted by molar-refractivity contribution is -0.148. The van der Waals surface area contributed by atoms with Gasteiger partial charge in [-0.05, 0) is 43.5 Å². The molecule has 1 heterocycles. The van der Waals surface area contributed by atoms with E-state index in [1.165, 1.54) is 17.0 Å². The lowest BCUT2D eigenvalue weighted by Crippen LogP contribution is -2.40. The molecular formula is C16H21NO6S. The van der Waals surface area contributed by atoms with E-state index in [0.29, 0.717) is 38.2 Å². The van der Waals surface area contributed by atoms with Gasteiger partial charge in [-0.2, -0.15) is 0 Å². The van der Waals surface area contributed by atoms with Crippen LogP contribution in [-0.4, -0.2) is 55.7 Å². The SMILES string of the molecule is CS(=O)(=O)c1ccc(OCCCC(=O)N2CCC[C@H]2C(=O)O)cc1. The van der Waals surface area contributed by atoms with E-state index in [1.54, 1.807) is 12.1 Å². The zero-order chi connectivity index (χ0) is 17.7. The van der Waals surface area contributed by atoms with Crippen LogP contribution in [0.4, 0.5) is 0 Å². The molecule has 1 aromatic rings. The van der Waals surface area contributed by atoms with Crippen molar-refractivity contribution in [3.8, 4) is 5.75 Å². The van der Waals surface area contributed by atoms with Gasteiger partial charge in [0.05, 0.1) is 11.5 Å².